The number of urea groups is 1. The Morgan fingerprint density at radius 2 is 1.49 bits per heavy atom. The highest BCUT2D eigenvalue weighted by Crippen LogP contribution is 2.26. The zero-order valence-corrected chi connectivity index (χ0v) is 20.8. The summed E-state index contributed by atoms with van der Waals surface area (Å²) in [4.78, 5) is 28.4. The highest BCUT2D eigenvalue weighted by Gasteiger charge is 2.24. The fraction of sp³-hybridized carbons (Fsp3) is 0.500. The monoisotopic (exact) mass is 477 g/mol. The van der Waals surface area contributed by atoms with Crippen molar-refractivity contribution in [3.8, 4) is 0 Å². The third kappa shape index (κ3) is 6.90. The summed E-state index contributed by atoms with van der Waals surface area (Å²) in [6.07, 6.45) is 8.40. The van der Waals surface area contributed by atoms with Gasteiger partial charge in [0.25, 0.3) is 0 Å². The molecule has 0 spiro atoms. The Morgan fingerprint density at radius 3 is 2.09 bits per heavy atom. The molecule has 4 rings (SSSR count). The molecule has 2 aromatic rings. The molecule has 188 valence electrons. The molecule has 3 amide bonds. The first-order valence-corrected chi connectivity index (χ1v) is 13.0. The van der Waals surface area contributed by atoms with Crippen LogP contribution in [0.4, 0.5) is 16.2 Å². The Balaban J connectivity index is 1.20. The van der Waals surface area contributed by atoms with Crippen LogP contribution in [0.3, 0.4) is 0 Å². The molecule has 35 heavy (non-hydrogen) atoms. The molecule has 2 aromatic carbocycles. The molecule has 2 fully saturated rings. The van der Waals surface area contributed by atoms with Gasteiger partial charge in [-0.05, 0) is 61.1 Å². The van der Waals surface area contributed by atoms with E-state index in [2.05, 4.69) is 51.7 Å². The molecule has 1 aliphatic heterocycles. The summed E-state index contributed by atoms with van der Waals surface area (Å²) >= 11 is 0. The average molecular weight is 478 g/mol. The molecule has 0 radical (unpaired) electrons. The van der Waals surface area contributed by atoms with Gasteiger partial charge in [0.05, 0.1) is 5.92 Å². The lowest BCUT2D eigenvalue weighted by atomic mass is 9.94. The molecule has 7 heteroatoms. The van der Waals surface area contributed by atoms with Crippen molar-refractivity contribution in [3.05, 3.63) is 59.7 Å². The van der Waals surface area contributed by atoms with E-state index in [9.17, 15) is 9.59 Å². The lowest BCUT2D eigenvalue weighted by Crippen LogP contribution is -2.41. The number of benzene rings is 2. The van der Waals surface area contributed by atoms with Crippen LogP contribution < -0.4 is 26.2 Å². The highest BCUT2D eigenvalue weighted by atomic mass is 16.2. The van der Waals surface area contributed by atoms with E-state index in [4.69, 9.17) is 5.73 Å². The molecule has 2 aliphatic rings. The summed E-state index contributed by atoms with van der Waals surface area (Å²) in [5, 5.41) is 5.87. The maximum Gasteiger partial charge on any atom is 0.315 e. The van der Waals surface area contributed by atoms with E-state index in [1.165, 1.54) is 37.8 Å². The number of primary amides is 1. The second-order valence-electron chi connectivity index (χ2n) is 9.96. The van der Waals surface area contributed by atoms with E-state index < -0.39 is 0 Å². The fourth-order valence-electron chi connectivity index (χ4n) is 5.22. The van der Waals surface area contributed by atoms with Crippen molar-refractivity contribution < 1.29 is 9.59 Å². The van der Waals surface area contributed by atoms with Crippen LogP contribution in [0.1, 0.15) is 56.1 Å². The van der Waals surface area contributed by atoms with Crippen LogP contribution in [0.2, 0.25) is 0 Å². The van der Waals surface area contributed by atoms with Crippen molar-refractivity contribution in [1.29, 1.82) is 0 Å². The van der Waals surface area contributed by atoms with Gasteiger partial charge in [-0.1, -0.05) is 43.5 Å². The van der Waals surface area contributed by atoms with Crippen molar-refractivity contribution in [2.75, 3.05) is 29.9 Å². The van der Waals surface area contributed by atoms with Gasteiger partial charge in [-0.25, -0.2) is 4.79 Å². The van der Waals surface area contributed by atoms with Crippen molar-refractivity contribution in [3.63, 3.8) is 0 Å². The maximum absolute atomic E-state index is 12.3. The quantitative estimate of drug-likeness (QED) is 0.533. The van der Waals surface area contributed by atoms with E-state index in [1.807, 2.05) is 24.3 Å². The summed E-state index contributed by atoms with van der Waals surface area (Å²) in [7, 11) is 2.19. The van der Waals surface area contributed by atoms with Crippen LogP contribution in [0, 0.1) is 5.92 Å². The zero-order valence-electron chi connectivity index (χ0n) is 20.8. The molecular formula is C28H39N5O2. The lowest BCUT2D eigenvalue weighted by Gasteiger charge is -2.33. The number of nitrogens with two attached hydrogens (primary N) is 1. The van der Waals surface area contributed by atoms with Gasteiger partial charge >= 0.3 is 6.03 Å². The largest absolute Gasteiger partial charge is 0.372 e. The third-order valence-electron chi connectivity index (χ3n) is 7.50. The number of hydrogen-bond acceptors (Lipinski definition) is 4. The van der Waals surface area contributed by atoms with Gasteiger partial charge in [-0.15, -0.1) is 0 Å². The highest BCUT2D eigenvalue weighted by molar-refractivity contribution is 5.77. The van der Waals surface area contributed by atoms with Crippen molar-refractivity contribution in [2.24, 2.45) is 11.7 Å². The first-order chi connectivity index (χ1) is 17.0. The molecule has 0 bridgehead atoms. The number of piperidine rings is 1. The Morgan fingerprint density at radius 1 is 0.886 bits per heavy atom. The summed E-state index contributed by atoms with van der Waals surface area (Å²) in [5.74, 6) is -0.299. The minimum atomic E-state index is -0.218. The smallest absolute Gasteiger partial charge is 0.315 e. The van der Waals surface area contributed by atoms with Crippen LogP contribution in [-0.2, 0) is 17.9 Å². The predicted octanol–water partition coefficient (Wildman–Crippen LogP) is 4.16. The summed E-state index contributed by atoms with van der Waals surface area (Å²) in [6, 6.07) is 17.1. The molecule has 0 unspecified atom stereocenters. The summed E-state index contributed by atoms with van der Waals surface area (Å²) in [6.45, 7) is 2.56. The van der Waals surface area contributed by atoms with Crippen LogP contribution in [0.5, 0.6) is 0 Å². The molecule has 1 heterocycles. The van der Waals surface area contributed by atoms with Crippen LogP contribution in [-0.4, -0.2) is 38.1 Å². The number of nitrogens with one attached hydrogen (secondary N) is 2. The maximum atomic E-state index is 12.3. The van der Waals surface area contributed by atoms with Crippen LogP contribution >= 0.6 is 0 Å². The normalized spacial score (nSPS) is 18.7. The number of anilines is 2. The predicted molar refractivity (Wildman–Crippen MR) is 141 cm³/mol. The SMILES string of the molecule is CN(c1ccc(CNC(=O)NCc2ccc(N3CCC[C@@H](C(N)=O)C3)cc2)cc1)C1CCCCC1. The van der Waals surface area contributed by atoms with Gasteiger partial charge in [0.1, 0.15) is 0 Å². The number of hydrogen-bond donors (Lipinski definition) is 3. The third-order valence-corrected chi connectivity index (χ3v) is 7.50. The minimum absolute atomic E-state index is 0.0807. The Hall–Kier alpha value is -3.22. The Kier molecular flexibility index (Phi) is 8.50. The Bertz CT molecular complexity index is 970. The summed E-state index contributed by atoms with van der Waals surface area (Å²) in [5.41, 5.74) is 9.93. The first kappa shape index (κ1) is 24.9. The number of amides is 3. The van der Waals surface area contributed by atoms with E-state index >= 15 is 0 Å². The van der Waals surface area contributed by atoms with Crippen molar-refractivity contribution in [1.82, 2.24) is 10.6 Å². The van der Waals surface area contributed by atoms with Crippen molar-refractivity contribution in [2.45, 2.75) is 64.1 Å². The lowest BCUT2D eigenvalue weighted by molar-refractivity contribution is -0.122. The molecule has 4 N–H and O–H groups in total. The van der Waals surface area contributed by atoms with E-state index in [1.54, 1.807) is 0 Å². The number of carbonyl (C=O) groups is 2. The molecular weight excluding hydrogens is 438 g/mol. The molecule has 7 nitrogen and oxygen atoms in total. The van der Waals surface area contributed by atoms with Gasteiger partial charge in [-0.3, -0.25) is 4.79 Å². The molecule has 1 saturated heterocycles. The molecule has 1 saturated carbocycles. The second kappa shape index (κ2) is 12.0. The number of carbonyl (C=O) groups excluding carboxylic acids is 2. The average Bonchev–Trinajstić information content (AvgIpc) is 2.91. The molecule has 1 aliphatic carbocycles. The van der Waals surface area contributed by atoms with Gasteiger partial charge in [-0.2, -0.15) is 0 Å². The Labute approximate surface area is 209 Å². The van der Waals surface area contributed by atoms with E-state index in [0.29, 0.717) is 25.7 Å². The van der Waals surface area contributed by atoms with E-state index in [-0.39, 0.29) is 17.9 Å². The van der Waals surface area contributed by atoms with Gasteiger partial charge in [0.2, 0.25) is 5.91 Å². The number of rotatable bonds is 8. The zero-order chi connectivity index (χ0) is 24.6. The van der Waals surface area contributed by atoms with Gasteiger partial charge in [0.15, 0.2) is 0 Å². The van der Waals surface area contributed by atoms with Crippen molar-refractivity contribution >= 4 is 23.3 Å². The standard InChI is InChI=1S/C28H39N5O2/c1-32(24-7-3-2-4-8-24)25-13-9-21(10-14-25)18-30-28(35)31-19-22-11-15-26(16-12-22)33-17-5-6-23(20-33)27(29)34/h9-16,23-24H,2-8,17-20H2,1H3,(H2,29,34)(H2,30,31,35)/t23-/m1/s1. The minimum Gasteiger partial charge on any atom is -0.372 e. The second-order valence-corrected chi connectivity index (χ2v) is 9.96. The molecule has 1 atom stereocenters. The first-order valence-electron chi connectivity index (χ1n) is 13.0. The van der Waals surface area contributed by atoms with Crippen LogP contribution in [0.15, 0.2) is 48.5 Å². The van der Waals surface area contributed by atoms with Gasteiger partial charge < -0.3 is 26.2 Å². The van der Waals surface area contributed by atoms with E-state index in [0.717, 1.165) is 36.2 Å². The fourth-order valence-corrected chi connectivity index (χ4v) is 5.22. The number of nitrogens with zero attached hydrogens (tertiary/aromatic N) is 2. The van der Waals surface area contributed by atoms with Gasteiger partial charge in [0, 0.05) is 50.6 Å². The topological polar surface area (TPSA) is 90.7 Å². The molecule has 0 aromatic heterocycles. The van der Waals surface area contributed by atoms with Crippen LogP contribution in [0.25, 0.3) is 0 Å². The summed E-state index contributed by atoms with van der Waals surface area (Å²) < 4.78 is 0.